The molecular formula is C24H41F2N4O6P. The lowest BCUT2D eigenvalue weighted by Gasteiger charge is -2.31. The molecule has 0 aromatic heterocycles. The van der Waals surface area contributed by atoms with Crippen molar-refractivity contribution in [2.24, 2.45) is 17.6 Å². The number of carbonyl (C=O) groups is 5. The lowest BCUT2D eigenvalue weighted by atomic mass is 9.80. The average Bonchev–Trinajstić information content (AvgIpc) is 3.22. The number of nitrogens with zero attached hydrogens (tertiary/aromatic N) is 1. The van der Waals surface area contributed by atoms with E-state index in [0.717, 1.165) is 25.7 Å². The van der Waals surface area contributed by atoms with Crippen LogP contribution in [0.1, 0.15) is 73.1 Å². The molecule has 0 spiro atoms. The summed E-state index contributed by atoms with van der Waals surface area (Å²) in [7, 11) is 1.38. The third-order valence-electron chi connectivity index (χ3n) is 6.90. The number of alkyl halides is 2. The van der Waals surface area contributed by atoms with Crippen molar-refractivity contribution < 1.29 is 37.5 Å². The van der Waals surface area contributed by atoms with Crippen LogP contribution in [0.3, 0.4) is 0 Å². The van der Waals surface area contributed by atoms with Crippen LogP contribution in [-0.2, 0) is 23.9 Å². The summed E-state index contributed by atoms with van der Waals surface area (Å²) in [6.45, 7) is 8.50. The molecule has 1 aliphatic carbocycles. The summed E-state index contributed by atoms with van der Waals surface area (Å²) in [5, 5.41) is 5.12. The van der Waals surface area contributed by atoms with E-state index in [-0.39, 0.29) is 17.9 Å². The molecular weight excluding hydrogens is 509 g/mol. The Kier molecular flexibility index (Phi) is 12.3. The predicted octanol–water partition coefficient (Wildman–Crippen LogP) is 2.34. The highest BCUT2D eigenvalue weighted by molar-refractivity contribution is 7.18. The van der Waals surface area contributed by atoms with Gasteiger partial charge < -0.3 is 26.0 Å². The van der Waals surface area contributed by atoms with Gasteiger partial charge in [0, 0.05) is 12.6 Å². The van der Waals surface area contributed by atoms with Gasteiger partial charge in [0.25, 0.3) is 11.6 Å². The predicted molar refractivity (Wildman–Crippen MR) is 137 cm³/mol. The fourth-order valence-electron chi connectivity index (χ4n) is 3.61. The van der Waals surface area contributed by atoms with Gasteiger partial charge in [-0.15, -0.1) is 0 Å². The number of likely N-dealkylation sites (tertiary alicyclic amines) is 1. The standard InChI is InChI=1S/C14H21N3O4.C10H20F2NO2P/c15-13(20)12(19)10(7-9-3-1-4-9)16-14(21)11-5-2-6-17(11)8-18;1-6(2)7(3)13-8(14)15-9(4,5)10(11,12)16/h8-11H,1-7H2,(H2,15,20)(H,16,21);6-7H,16H2,1-5H3,(H,13,14). The van der Waals surface area contributed by atoms with Crippen LogP contribution in [0.4, 0.5) is 13.6 Å². The Labute approximate surface area is 219 Å². The molecule has 1 saturated carbocycles. The molecule has 1 aliphatic heterocycles. The molecule has 37 heavy (non-hydrogen) atoms. The third-order valence-corrected chi connectivity index (χ3v) is 7.59. The van der Waals surface area contributed by atoms with Gasteiger partial charge in [-0.2, -0.15) is 8.78 Å². The zero-order valence-corrected chi connectivity index (χ0v) is 23.4. The van der Waals surface area contributed by atoms with Crippen molar-refractivity contribution in [3.63, 3.8) is 0 Å². The van der Waals surface area contributed by atoms with Crippen molar-refractivity contribution >= 4 is 39.3 Å². The topological polar surface area (TPSA) is 148 Å². The molecule has 1 heterocycles. The molecule has 0 aromatic carbocycles. The second-order valence-electron chi connectivity index (χ2n) is 10.5. The molecule has 2 rings (SSSR count). The zero-order chi connectivity index (χ0) is 28.6. The van der Waals surface area contributed by atoms with Crippen molar-refractivity contribution in [2.75, 3.05) is 6.54 Å². The molecule has 4 amide bonds. The Morgan fingerprint density at radius 2 is 1.70 bits per heavy atom. The first kappa shape index (κ1) is 32.7. The number of alkyl carbamates (subject to hydrolysis) is 1. The summed E-state index contributed by atoms with van der Waals surface area (Å²) < 4.78 is 30.7. The first-order chi connectivity index (χ1) is 17.0. The van der Waals surface area contributed by atoms with E-state index in [1.165, 1.54) is 28.0 Å². The number of ketones is 1. The largest absolute Gasteiger partial charge is 0.437 e. The van der Waals surface area contributed by atoms with Crippen LogP contribution >= 0.6 is 9.24 Å². The molecule has 4 unspecified atom stereocenters. The van der Waals surface area contributed by atoms with Gasteiger partial charge in [-0.05, 0) is 51.9 Å². The maximum absolute atomic E-state index is 13.0. The second-order valence-corrected chi connectivity index (χ2v) is 11.2. The van der Waals surface area contributed by atoms with Gasteiger partial charge in [-0.1, -0.05) is 42.3 Å². The summed E-state index contributed by atoms with van der Waals surface area (Å²) >= 11 is 0. The number of primary amides is 1. The van der Waals surface area contributed by atoms with Crippen LogP contribution in [0.25, 0.3) is 0 Å². The van der Waals surface area contributed by atoms with E-state index in [9.17, 15) is 32.8 Å². The fourth-order valence-corrected chi connectivity index (χ4v) is 3.67. The van der Waals surface area contributed by atoms with E-state index in [4.69, 9.17) is 10.5 Å². The van der Waals surface area contributed by atoms with Crippen LogP contribution in [0.5, 0.6) is 0 Å². The Hall–Kier alpha value is -2.36. The third kappa shape index (κ3) is 10.1. The number of Topliss-reactive ketones (excluding diaryl/α,β-unsaturated/α-hetero) is 1. The van der Waals surface area contributed by atoms with E-state index < -0.39 is 41.1 Å². The Morgan fingerprint density at radius 1 is 1.11 bits per heavy atom. The molecule has 2 aliphatic rings. The van der Waals surface area contributed by atoms with E-state index >= 15 is 0 Å². The van der Waals surface area contributed by atoms with Gasteiger partial charge >= 0.3 is 6.09 Å². The van der Waals surface area contributed by atoms with Crippen LogP contribution in [-0.4, -0.2) is 70.9 Å². The summed E-state index contributed by atoms with van der Waals surface area (Å²) in [5.74, 6) is -1.60. The molecule has 4 atom stereocenters. The molecule has 0 aromatic rings. The SMILES string of the molecule is CC(C)C(C)NC(=O)OC(C)(C)C(F)(F)P.NC(=O)C(=O)C(CC1CCC1)NC(=O)C1CCCN1C=O. The number of nitrogens with one attached hydrogen (secondary N) is 2. The summed E-state index contributed by atoms with van der Waals surface area (Å²) in [5.41, 5.74) is 0.0383. The number of halogens is 2. The van der Waals surface area contributed by atoms with E-state index in [2.05, 4.69) is 10.6 Å². The molecule has 4 N–H and O–H groups in total. The molecule has 10 nitrogen and oxygen atoms in total. The minimum absolute atomic E-state index is 0.124. The minimum atomic E-state index is -3.16. The molecule has 2 fully saturated rings. The van der Waals surface area contributed by atoms with Crippen LogP contribution in [0, 0.1) is 11.8 Å². The molecule has 1 saturated heterocycles. The van der Waals surface area contributed by atoms with Gasteiger partial charge in [-0.3, -0.25) is 19.2 Å². The summed E-state index contributed by atoms with van der Waals surface area (Å²) in [6, 6.07) is -1.54. The van der Waals surface area contributed by atoms with Gasteiger partial charge in [-0.25, -0.2) is 4.79 Å². The van der Waals surface area contributed by atoms with E-state index in [0.29, 0.717) is 31.7 Å². The van der Waals surface area contributed by atoms with Gasteiger partial charge in [0.1, 0.15) is 6.04 Å². The highest BCUT2D eigenvalue weighted by atomic mass is 31.0. The van der Waals surface area contributed by atoms with Crippen molar-refractivity contribution in [3.05, 3.63) is 0 Å². The van der Waals surface area contributed by atoms with Gasteiger partial charge in [0.2, 0.25) is 18.1 Å². The van der Waals surface area contributed by atoms with Gasteiger partial charge in [0.15, 0.2) is 5.60 Å². The smallest absolute Gasteiger partial charge is 0.408 e. The highest BCUT2D eigenvalue weighted by Gasteiger charge is 2.46. The lowest BCUT2D eigenvalue weighted by Crippen LogP contribution is -2.52. The van der Waals surface area contributed by atoms with Crippen molar-refractivity contribution in [3.8, 4) is 0 Å². The Balaban J connectivity index is 0.000000387. The average molecular weight is 551 g/mol. The normalized spacial score (nSPS) is 19.6. The lowest BCUT2D eigenvalue weighted by molar-refractivity contribution is -0.139. The number of rotatable bonds is 11. The monoisotopic (exact) mass is 550 g/mol. The molecule has 0 bridgehead atoms. The second kappa shape index (κ2) is 14.0. The summed E-state index contributed by atoms with van der Waals surface area (Å²) in [4.78, 5) is 58.8. The van der Waals surface area contributed by atoms with Crippen molar-refractivity contribution in [2.45, 2.75) is 103 Å². The zero-order valence-electron chi connectivity index (χ0n) is 22.2. The molecule has 212 valence electrons. The van der Waals surface area contributed by atoms with Crippen LogP contribution in [0.2, 0.25) is 0 Å². The maximum atomic E-state index is 13.0. The van der Waals surface area contributed by atoms with Crippen LogP contribution in [0.15, 0.2) is 0 Å². The number of hydrogen-bond acceptors (Lipinski definition) is 6. The Bertz CT molecular complexity index is 833. The fraction of sp³-hybridized carbons (Fsp3) is 0.792. The van der Waals surface area contributed by atoms with Gasteiger partial charge in [0.05, 0.1) is 6.04 Å². The minimum Gasteiger partial charge on any atom is -0.437 e. The maximum Gasteiger partial charge on any atom is 0.408 e. The quantitative estimate of drug-likeness (QED) is 0.204. The van der Waals surface area contributed by atoms with Crippen molar-refractivity contribution in [1.29, 1.82) is 0 Å². The van der Waals surface area contributed by atoms with Crippen LogP contribution < -0.4 is 16.4 Å². The van der Waals surface area contributed by atoms with Crippen molar-refractivity contribution in [1.82, 2.24) is 15.5 Å². The molecule has 0 radical (unpaired) electrons. The summed E-state index contributed by atoms with van der Waals surface area (Å²) in [6.07, 6.45) is 4.71. The number of amides is 4. The number of nitrogens with two attached hydrogens (primary N) is 1. The highest BCUT2D eigenvalue weighted by Crippen LogP contribution is 2.37. The molecule has 13 heteroatoms. The Morgan fingerprint density at radius 3 is 2.14 bits per heavy atom. The van der Waals surface area contributed by atoms with E-state index in [1.807, 2.05) is 13.8 Å². The number of carbonyl (C=O) groups excluding carboxylic acids is 5. The number of ether oxygens (including phenoxy) is 1. The first-order valence-electron chi connectivity index (χ1n) is 12.5. The number of hydrogen-bond donors (Lipinski definition) is 3. The first-order valence-corrected chi connectivity index (χ1v) is 13.1. The van der Waals surface area contributed by atoms with E-state index in [1.54, 1.807) is 6.92 Å².